The molecule has 0 radical (unpaired) electrons. The van der Waals surface area contributed by atoms with Gasteiger partial charge in [-0.3, -0.25) is 0 Å². The summed E-state index contributed by atoms with van der Waals surface area (Å²) in [6, 6.07) is 0.223. The van der Waals surface area contributed by atoms with Crippen LogP contribution in [-0.4, -0.2) is 37.1 Å². The SMILES string of the molecule is NCCN(C1CCCC1)S(=O)(=O)C1CCCCC1. The number of nitrogens with zero attached hydrogens (tertiary/aromatic N) is 1. The molecule has 2 aliphatic carbocycles. The molecule has 18 heavy (non-hydrogen) atoms. The van der Waals surface area contributed by atoms with Gasteiger partial charge in [-0.15, -0.1) is 0 Å². The Morgan fingerprint density at radius 2 is 1.50 bits per heavy atom. The molecule has 2 N–H and O–H groups in total. The maximum absolute atomic E-state index is 12.7. The highest BCUT2D eigenvalue weighted by molar-refractivity contribution is 7.89. The minimum Gasteiger partial charge on any atom is -0.329 e. The van der Waals surface area contributed by atoms with Gasteiger partial charge in [-0.05, 0) is 25.7 Å². The second-order valence-corrected chi connectivity index (χ2v) is 7.81. The van der Waals surface area contributed by atoms with E-state index in [1.807, 2.05) is 0 Å². The molecule has 0 aromatic rings. The van der Waals surface area contributed by atoms with Crippen molar-refractivity contribution < 1.29 is 8.42 Å². The van der Waals surface area contributed by atoms with Crippen LogP contribution in [0.2, 0.25) is 0 Å². The molecule has 2 aliphatic rings. The molecule has 0 unspecified atom stereocenters. The fourth-order valence-corrected chi connectivity index (χ4v) is 5.69. The highest BCUT2D eigenvalue weighted by atomic mass is 32.2. The number of sulfonamides is 1. The van der Waals surface area contributed by atoms with Gasteiger partial charge in [0, 0.05) is 19.1 Å². The fourth-order valence-electron chi connectivity index (χ4n) is 3.39. The Morgan fingerprint density at radius 3 is 2.06 bits per heavy atom. The molecule has 4 nitrogen and oxygen atoms in total. The van der Waals surface area contributed by atoms with E-state index >= 15 is 0 Å². The largest absolute Gasteiger partial charge is 0.329 e. The minimum atomic E-state index is -3.12. The van der Waals surface area contributed by atoms with E-state index in [-0.39, 0.29) is 11.3 Å². The van der Waals surface area contributed by atoms with E-state index in [0.717, 1.165) is 51.4 Å². The second kappa shape index (κ2) is 6.35. The average molecular weight is 274 g/mol. The van der Waals surface area contributed by atoms with Gasteiger partial charge in [0.1, 0.15) is 0 Å². The molecular formula is C13H26N2O2S. The molecule has 0 aliphatic heterocycles. The molecular weight excluding hydrogens is 248 g/mol. The first-order chi connectivity index (χ1) is 8.66. The molecule has 2 fully saturated rings. The lowest BCUT2D eigenvalue weighted by Gasteiger charge is -2.33. The quantitative estimate of drug-likeness (QED) is 0.832. The Hall–Kier alpha value is -0.130. The zero-order valence-corrected chi connectivity index (χ0v) is 12.0. The molecule has 0 heterocycles. The van der Waals surface area contributed by atoms with Gasteiger partial charge in [-0.25, -0.2) is 8.42 Å². The monoisotopic (exact) mass is 274 g/mol. The summed E-state index contributed by atoms with van der Waals surface area (Å²) in [6.07, 6.45) is 9.35. The third kappa shape index (κ3) is 3.06. The number of nitrogens with two attached hydrogens (primary N) is 1. The van der Waals surface area contributed by atoms with Crippen molar-refractivity contribution in [2.75, 3.05) is 13.1 Å². The Kier molecular flexibility index (Phi) is 5.04. The van der Waals surface area contributed by atoms with Crippen LogP contribution in [0.4, 0.5) is 0 Å². The molecule has 106 valence electrons. The highest BCUT2D eigenvalue weighted by Gasteiger charge is 2.37. The third-order valence-electron chi connectivity index (χ3n) is 4.38. The van der Waals surface area contributed by atoms with Crippen molar-refractivity contribution in [3.63, 3.8) is 0 Å². The summed E-state index contributed by atoms with van der Waals surface area (Å²) >= 11 is 0. The zero-order chi connectivity index (χ0) is 13.0. The lowest BCUT2D eigenvalue weighted by Crippen LogP contribution is -2.46. The van der Waals surface area contributed by atoms with E-state index in [1.54, 1.807) is 4.31 Å². The molecule has 0 aromatic heterocycles. The van der Waals surface area contributed by atoms with Crippen molar-refractivity contribution in [1.29, 1.82) is 0 Å². The number of rotatable bonds is 5. The lowest BCUT2D eigenvalue weighted by molar-refractivity contribution is 0.318. The first kappa shape index (κ1) is 14.3. The van der Waals surface area contributed by atoms with Crippen molar-refractivity contribution in [2.24, 2.45) is 5.73 Å². The Morgan fingerprint density at radius 1 is 0.944 bits per heavy atom. The van der Waals surface area contributed by atoms with Crippen LogP contribution >= 0.6 is 0 Å². The van der Waals surface area contributed by atoms with Crippen LogP contribution in [-0.2, 0) is 10.0 Å². The van der Waals surface area contributed by atoms with Gasteiger partial charge in [0.2, 0.25) is 10.0 Å². The smallest absolute Gasteiger partial charge is 0.217 e. The lowest BCUT2D eigenvalue weighted by atomic mass is 10.0. The molecule has 2 rings (SSSR count). The van der Waals surface area contributed by atoms with Crippen LogP contribution in [0.25, 0.3) is 0 Å². The summed E-state index contributed by atoms with van der Waals surface area (Å²) < 4.78 is 27.2. The van der Waals surface area contributed by atoms with Gasteiger partial charge in [0.05, 0.1) is 5.25 Å². The molecule has 0 atom stereocenters. The van der Waals surface area contributed by atoms with E-state index in [2.05, 4.69) is 0 Å². The van der Waals surface area contributed by atoms with E-state index in [1.165, 1.54) is 6.42 Å². The van der Waals surface area contributed by atoms with E-state index in [9.17, 15) is 8.42 Å². The molecule has 2 saturated carbocycles. The average Bonchev–Trinajstić information content (AvgIpc) is 2.90. The topological polar surface area (TPSA) is 63.4 Å². The molecule has 0 bridgehead atoms. The van der Waals surface area contributed by atoms with Gasteiger partial charge >= 0.3 is 0 Å². The predicted molar refractivity (Wildman–Crippen MR) is 73.8 cm³/mol. The van der Waals surface area contributed by atoms with Crippen LogP contribution in [0.1, 0.15) is 57.8 Å². The van der Waals surface area contributed by atoms with Gasteiger partial charge in [0.25, 0.3) is 0 Å². The van der Waals surface area contributed by atoms with Crippen molar-refractivity contribution in [3.8, 4) is 0 Å². The van der Waals surface area contributed by atoms with Gasteiger partial charge in [0.15, 0.2) is 0 Å². The first-order valence-electron chi connectivity index (χ1n) is 7.37. The van der Waals surface area contributed by atoms with Gasteiger partial charge in [-0.1, -0.05) is 32.1 Å². The maximum Gasteiger partial charge on any atom is 0.217 e. The highest BCUT2D eigenvalue weighted by Crippen LogP contribution is 2.31. The van der Waals surface area contributed by atoms with E-state index in [4.69, 9.17) is 5.73 Å². The first-order valence-corrected chi connectivity index (χ1v) is 8.87. The molecule has 0 aromatic carbocycles. The summed E-state index contributed by atoms with van der Waals surface area (Å²) in [5.74, 6) is 0. The summed E-state index contributed by atoms with van der Waals surface area (Å²) in [6.45, 7) is 0.936. The second-order valence-electron chi connectivity index (χ2n) is 5.64. The number of hydrogen-bond donors (Lipinski definition) is 1. The van der Waals surface area contributed by atoms with Crippen LogP contribution in [0, 0.1) is 0 Å². The molecule has 0 saturated heterocycles. The summed E-state index contributed by atoms with van der Waals surface area (Å²) in [4.78, 5) is 0. The minimum absolute atomic E-state index is 0.140. The standard InChI is InChI=1S/C13H26N2O2S/c14-10-11-15(12-6-4-5-7-12)18(16,17)13-8-2-1-3-9-13/h12-13H,1-11,14H2. The summed E-state index contributed by atoms with van der Waals surface area (Å²) in [7, 11) is -3.12. The normalized spacial score (nSPS) is 23.9. The van der Waals surface area contributed by atoms with Crippen LogP contribution in [0.5, 0.6) is 0 Å². The van der Waals surface area contributed by atoms with Gasteiger partial charge in [-0.2, -0.15) is 4.31 Å². The third-order valence-corrected chi connectivity index (χ3v) is 6.83. The van der Waals surface area contributed by atoms with Crippen molar-refractivity contribution >= 4 is 10.0 Å². The van der Waals surface area contributed by atoms with E-state index < -0.39 is 10.0 Å². The van der Waals surface area contributed by atoms with Gasteiger partial charge < -0.3 is 5.73 Å². The Bertz CT molecular complexity index is 344. The molecule has 5 heteroatoms. The summed E-state index contributed by atoms with van der Waals surface area (Å²) in [5.41, 5.74) is 5.62. The zero-order valence-electron chi connectivity index (χ0n) is 11.2. The Labute approximate surface area is 111 Å². The van der Waals surface area contributed by atoms with Crippen molar-refractivity contribution in [1.82, 2.24) is 4.31 Å². The van der Waals surface area contributed by atoms with Crippen molar-refractivity contribution in [3.05, 3.63) is 0 Å². The predicted octanol–water partition coefficient (Wildman–Crippen LogP) is 1.85. The van der Waals surface area contributed by atoms with Crippen molar-refractivity contribution in [2.45, 2.75) is 69.1 Å². The Balaban J connectivity index is 2.11. The van der Waals surface area contributed by atoms with Crippen LogP contribution < -0.4 is 5.73 Å². The molecule has 0 amide bonds. The van der Waals surface area contributed by atoms with E-state index in [0.29, 0.717) is 13.1 Å². The van der Waals surface area contributed by atoms with Crippen LogP contribution in [0.15, 0.2) is 0 Å². The molecule has 0 spiro atoms. The maximum atomic E-state index is 12.7. The van der Waals surface area contributed by atoms with Crippen LogP contribution in [0.3, 0.4) is 0 Å². The number of hydrogen-bond acceptors (Lipinski definition) is 3. The summed E-state index contributed by atoms with van der Waals surface area (Å²) in [5, 5.41) is -0.140. The fraction of sp³-hybridized carbons (Fsp3) is 1.00.